The number of fused-ring (bicyclic) bond motifs is 5. The lowest BCUT2D eigenvalue weighted by atomic mass is 9.57. The van der Waals surface area contributed by atoms with Crippen LogP contribution in [0.15, 0.2) is 23.8 Å². The van der Waals surface area contributed by atoms with Gasteiger partial charge in [0.05, 0.1) is 18.8 Å². The van der Waals surface area contributed by atoms with E-state index in [4.69, 9.17) is 9.47 Å². The van der Waals surface area contributed by atoms with E-state index >= 15 is 0 Å². The fraction of sp³-hybridized carbons (Fsp3) is 0.758. The molecular formula is C33H49NO7. The quantitative estimate of drug-likeness (QED) is 0.297. The van der Waals surface area contributed by atoms with Crippen LogP contribution in [0.5, 0.6) is 0 Å². The van der Waals surface area contributed by atoms with Crippen molar-refractivity contribution in [2.45, 2.75) is 127 Å². The molecule has 1 aromatic carbocycles. The number of allylic oxidation sites excluding steroid dienone is 1. The van der Waals surface area contributed by atoms with Crippen LogP contribution in [-0.2, 0) is 15.9 Å². The van der Waals surface area contributed by atoms with Crippen LogP contribution in [0.2, 0.25) is 0 Å². The molecule has 12 unspecified atom stereocenters. The molecular weight excluding hydrogens is 522 g/mol. The first kappa shape index (κ1) is 29.7. The zero-order valence-electron chi connectivity index (χ0n) is 24.9. The molecule has 3 fully saturated rings. The molecule has 2 heterocycles. The molecule has 3 aliphatic carbocycles. The molecule has 0 radical (unpaired) electrons. The van der Waals surface area contributed by atoms with Gasteiger partial charge in [-0.1, -0.05) is 44.6 Å². The molecule has 0 bridgehead atoms. The van der Waals surface area contributed by atoms with Gasteiger partial charge in [-0.15, -0.1) is 0 Å². The fourth-order valence-electron chi connectivity index (χ4n) is 8.96. The van der Waals surface area contributed by atoms with Crippen molar-refractivity contribution in [3.05, 3.63) is 46.0 Å². The second-order valence-electron chi connectivity index (χ2n) is 14.0. The molecule has 0 spiro atoms. The minimum Gasteiger partial charge on any atom is -0.394 e. The maximum absolute atomic E-state index is 10.8. The summed E-state index contributed by atoms with van der Waals surface area (Å²) in [5, 5.41) is 54.8. The highest BCUT2D eigenvalue weighted by atomic mass is 16.7. The smallest absolute Gasteiger partial charge is 0.186 e. The van der Waals surface area contributed by atoms with Gasteiger partial charge in [-0.3, -0.25) is 0 Å². The minimum absolute atomic E-state index is 0.0622. The Hall–Kier alpha value is -1.36. The highest BCUT2D eigenvalue weighted by molar-refractivity contribution is 5.50. The highest BCUT2D eigenvalue weighted by Crippen LogP contribution is 2.60. The van der Waals surface area contributed by atoms with Crippen molar-refractivity contribution in [1.29, 1.82) is 0 Å². The summed E-state index contributed by atoms with van der Waals surface area (Å²) in [6.07, 6.45) is 1.14. The van der Waals surface area contributed by atoms with Gasteiger partial charge in [0.1, 0.15) is 24.4 Å². The zero-order chi connectivity index (χ0) is 29.2. The van der Waals surface area contributed by atoms with Crippen LogP contribution in [-0.4, -0.2) is 87.6 Å². The van der Waals surface area contributed by atoms with Gasteiger partial charge in [0, 0.05) is 6.04 Å². The first-order valence-corrected chi connectivity index (χ1v) is 15.7. The second-order valence-corrected chi connectivity index (χ2v) is 14.0. The SMILES string of the molecule is Cc1c(C(C)C2NCC(C)CC2O)ccc2c1CC1C2CC=C2CC(OC3OC(CO)C(O)C(O)C3O)CC[C@@]21C. The van der Waals surface area contributed by atoms with Crippen LogP contribution in [0.25, 0.3) is 0 Å². The summed E-state index contributed by atoms with van der Waals surface area (Å²) >= 11 is 0. The average Bonchev–Trinajstić information content (AvgIpc) is 3.34. The van der Waals surface area contributed by atoms with Gasteiger partial charge in [0.25, 0.3) is 0 Å². The minimum atomic E-state index is -1.43. The van der Waals surface area contributed by atoms with E-state index < -0.39 is 37.3 Å². The second kappa shape index (κ2) is 11.3. The van der Waals surface area contributed by atoms with Crippen molar-refractivity contribution < 1.29 is 35.0 Å². The molecule has 0 amide bonds. The van der Waals surface area contributed by atoms with Crippen LogP contribution in [0.1, 0.15) is 87.0 Å². The van der Waals surface area contributed by atoms with E-state index in [9.17, 15) is 25.5 Å². The summed E-state index contributed by atoms with van der Waals surface area (Å²) in [6, 6.07) is 4.77. The van der Waals surface area contributed by atoms with Gasteiger partial charge < -0.3 is 40.3 Å². The number of ether oxygens (including phenoxy) is 2. The third-order valence-corrected chi connectivity index (χ3v) is 11.6. The molecule has 8 heteroatoms. The normalized spacial score (nSPS) is 44.9. The summed E-state index contributed by atoms with van der Waals surface area (Å²) in [5.41, 5.74) is 7.20. The van der Waals surface area contributed by atoms with Crippen LogP contribution in [0.4, 0.5) is 0 Å². The molecule has 41 heavy (non-hydrogen) atoms. The lowest BCUT2D eigenvalue weighted by Gasteiger charge is -2.50. The number of hydrogen-bond acceptors (Lipinski definition) is 8. The number of aliphatic hydroxyl groups is 5. The summed E-state index contributed by atoms with van der Waals surface area (Å²) < 4.78 is 11.8. The molecule has 8 nitrogen and oxygen atoms in total. The predicted molar refractivity (Wildman–Crippen MR) is 154 cm³/mol. The molecule has 2 aliphatic heterocycles. The lowest BCUT2D eigenvalue weighted by molar-refractivity contribution is -0.312. The largest absolute Gasteiger partial charge is 0.394 e. The van der Waals surface area contributed by atoms with E-state index in [-0.39, 0.29) is 29.6 Å². The van der Waals surface area contributed by atoms with E-state index in [1.54, 1.807) is 0 Å². The Morgan fingerprint density at radius 2 is 1.90 bits per heavy atom. The predicted octanol–water partition coefficient (Wildman–Crippen LogP) is 2.42. The van der Waals surface area contributed by atoms with Crippen LogP contribution < -0.4 is 5.32 Å². The summed E-state index contributed by atoms with van der Waals surface area (Å²) in [4.78, 5) is 0. The molecule has 5 aliphatic rings. The summed E-state index contributed by atoms with van der Waals surface area (Å²) in [7, 11) is 0. The van der Waals surface area contributed by atoms with E-state index in [2.05, 4.69) is 51.2 Å². The topological polar surface area (TPSA) is 132 Å². The Labute approximate surface area is 243 Å². The lowest BCUT2D eigenvalue weighted by Crippen LogP contribution is -2.59. The molecule has 1 aromatic rings. The molecule has 0 aromatic heterocycles. The van der Waals surface area contributed by atoms with Crippen molar-refractivity contribution in [2.24, 2.45) is 17.3 Å². The van der Waals surface area contributed by atoms with Crippen molar-refractivity contribution in [1.82, 2.24) is 5.32 Å². The zero-order valence-corrected chi connectivity index (χ0v) is 24.9. The standard InChI is InChI=1S/C33H49NO7/c1-16-11-26(36)28(34-14-16)18(3)21-7-8-22-23-6-5-19-12-20(9-10-33(19,4)25(23)13-24(22)17(21)2)40-32-31(39)30(38)29(37)27(15-35)41-32/h5,7-8,16,18,20,23,25-32,34-39H,6,9-15H2,1-4H3/t16?,18?,20?,23?,25?,26?,27?,28?,29?,30?,31?,32?,33-/m0/s1. The Morgan fingerprint density at radius 1 is 1.12 bits per heavy atom. The summed E-state index contributed by atoms with van der Waals surface area (Å²) in [6.45, 7) is 9.63. The Kier molecular flexibility index (Phi) is 8.18. The number of rotatable bonds is 5. The van der Waals surface area contributed by atoms with Crippen LogP contribution >= 0.6 is 0 Å². The average molecular weight is 572 g/mol. The van der Waals surface area contributed by atoms with E-state index in [0.717, 1.165) is 45.1 Å². The van der Waals surface area contributed by atoms with Gasteiger partial charge in [0.15, 0.2) is 6.29 Å². The van der Waals surface area contributed by atoms with Crippen molar-refractivity contribution in [3.8, 4) is 0 Å². The third kappa shape index (κ3) is 5.02. The maximum Gasteiger partial charge on any atom is 0.186 e. The fourth-order valence-corrected chi connectivity index (χ4v) is 8.96. The van der Waals surface area contributed by atoms with E-state index in [1.807, 2.05) is 0 Å². The number of piperidine rings is 1. The van der Waals surface area contributed by atoms with Crippen LogP contribution in [0.3, 0.4) is 0 Å². The number of benzene rings is 1. The van der Waals surface area contributed by atoms with E-state index in [1.165, 1.54) is 27.8 Å². The molecule has 1 saturated carbocycles. The molecule has 6 rings (SSSR count). The maximum atomic E-state index is 10.8. The Morgan fingerprint density at radius 3 is 2.63 bits per heavy atom. The van der Waals surface area contributed by atoms with Gasteiger partial charge in [-0.05, 0) is 103 Å². The molecule has 13 atom stereocenters. The Balaban J connectivity index is 1.16. The molecule has 2 saturated heterocycles. The molecule has 228 valence electrons. The van der Waals surface area contributed by atoms with Gasteiger partial charge in [-0.25, -0.2) is 0 Å². The van der Waals surface area contributed by atoms with Crippen molar-refractivity contribution in [2.75, 3.05) is 13.2 Å². The van der Waals surface area contributed by atoms with Crippen LogP contribution in [0, 0.1) is 24.2 Å². The van der Waals surface area contributed by atoms with Gasteiger partial charge >= 0.3 is 0 Å². The monoisotopic (exact) mass is 571 g/mol. The van der Waals surface area contributed by atoms with Crippen molar-refractivity contribution >= 4 is 0 Å². The number of nitrogens with one attached hydrogen (secondary N) is 1. The Bertz CT molecular complexity index is 1150. The number of aliphatic hydroxyl groups excluding tert-OH is 5. The van der Waals surface area contributed by atoms with Gasteiger partial charge in [-0.2, -0.15) is 0 Å². The molecule has 6 N–H and O–H groups in total. The third-order valence-electron chi connectivity index (χ3n) is 11.6. The van der Waals surface area contributed by atoms with Gasteiger partial charge in [0.2, 0.25) is 0 Å². The first-order chi connectivity index (χ1) is 19.5. The first-order valence-electron chi connectivity index (χ1n) is 15.7. The van der Waals surface area contributed by atoms with E-state index in [0.29, 0.717) is 17.8 Å². The summed E-state index contributed by atoms with van der Waals surface area (Å²) in [5.74, 6) is 1.76. The number of hydrogen-bond donors (Lipinski definition) is 6. The van der Waals surface area contributed by atoms with Crippen molar-refractivity contribution in [3.63, 3.8) is 0 Å². The highest BCUT2D eigenvalue weighted by Gasteiger charge is 2.52.